The van der Waals surface area contributed by atoms with E-state index in [0.717, 1.165) is 76.1 Å². The van der Waals surface area contributed by atoms with E-state index in [1.165, 1.54) is 5.56 Å². The van der Waals surface area contributed by atoms with E-state index in [1.807, 2.05) is 102 Å². The predicted molar refractivity (Wildman–Crippen MR) is 289 cm³/mol. The number of carbonyl (C=O) groups is 3. The molecule has 0 heterocycles. The van der Waals surface area contributed by atoms with Gasteiger partial charge in [-0.15, -0.1) is 0 Å². The number of aliphatic hydroxyl groups is 1. The van der Waals surface area contributed by atoms with Crippen LogP contribution in [-0.2, 0) is 48.2 Å². The van der Waals surface area contributed by atoms with Gasteiger partial charge in [-0.25, -0.2) is 0 Å². The summed E-state index contributed by atoms with van der Waals surface area (Å²) >= 11 is 41.1. The molecule has 0 radical (unpaired) electrons. The Morgan fingerprint density at radius 1 is 0.620 bits per heavy atom. The molecule has 376 valence electrons. The number of Topliss-reactive ketones (excluding diaryl/α,β-unsaturated/α-hetero) is 3. The Morgan fingerprint density at radius 2 is 1.03 bits per heavy atom. The quantitative estimate of drug-likeness (QED) is 0.0427. The summed E-state index contributed by atoms with van der Waals surface area (Å²) in [6.45, 7) is 11.6. The smallest absolute Gasteiger partial charge is 0.373 e. The first-order valence-corrected chi connectivity index (χ1v) is 24.0. The molecule has 7 rings (SSSR count). The van der Waals surface area contributed by atoms with Crippen molar-refractivity contribution in [3.8, 4) is 0 Å². The van der Waals surface area contributed by atoms with Crippen LogP contribution in [0.15, 0.2) is 111 Å². The van der Waals surface area contributed by atoms with Gasteiger partial charge in [0.15, 0.2) is 5.78 Å². The standard InChI is InChI=1S/C10H10ClNO2.C10H7ClO2.C8H8BrClO.C7H6BrCl.2C7H8ClN.2CO2/c1-7-2-3-9(11)4-8(7)5-10(13)6-12-14;1-5-2-3-7(11)9-6(5)4-8(12)10(9)13;1-5-2-3-7(10)6(4-11)8(5)9;1-5-2-3-6(9)4-7(5)8;2*1-5-2-3-6(8)4-7(5)9;2*2-1-3/h2-4,6,14H,5H2,1H3;2-3H,4H2,1H3;2-3,11H,4H2,1H3;2-4H,1H3;2*2-4H,9H2,1H3;;/b12-6+;;;;;;;. The van der Waals surface area contributed by atoms with Crippen LogP contribution in [0.5, 0.6) is 0 Å². The third-order valence-electron chi connectivity index (χ3n) is 9.35. The number of oxime groups is 1. The second kappa shape index (κ2) is 35.0. The van der Waals surface area contributed by atoms with Crippen LogP contribution in [0.2, 0.25) is 30.1 Å². The van der Waals surface area contributed by atoms with Gasteiger partial charge in [-0.05, 0) is 147 Å². The molecule has 0 amide bonds. The van der Waals surface area contributed by atoms with Gasteiger partial charge in [0.2, 0.25) is 11.6 Å². The highest BCUT2D eigenvalue weighted by Crippen LogP contribution is 2.30. The molecule has 6 N–H and O–H groups in total. The average Bonchev–Trinajstić information content (AvgIpc) is 3.62. The van der Waals surface area contributed by atoms with E-state index in [9.17, 15) is 14.4 Å². The average molecular weight is 1220 g/mol. The number of aliphatic hydroxyl groups excluding tert-OH is 1. The number of rotatable bonds is 4. The maximum atomic E-state index is 11.3. The molecular weight excluding hydrogens is 1170 g/mol. The number of nitrogens with two attached hydrogens (primary N) is 2. The summed E-state index contributed by atoms with van der Waals surface area (Å²) in [4.78, 5) is 66.1. The highest BCUT2D eigenvalue weighted by atomic mass is 79.9. The van der Waals surface area contributed by atoms with E-state index in [1.54, 1.807) is 36.4 Å². The minimum atomic E-state index is -0.441. The Bertz CT molecular complexity index is 2740. The van der Waals surface area contributed by atoms with Crippen molar-refractivity contribution < 1.29 is 43.9 Å². The fourth-order valence-corrected chi connectivity index (χ4v) is 7.66. The summed E-state index contributed by atoms with van der Waals surface area (Å²) in [6.07, 6.45) is 1.80. The summed E-state index contributed by atoms with van der Waals surface area (Å²) in [5.74, 6) is -1.05. The molecule has 0 saturated heterocycles. The molecule has 0 spiro atoms. The molecule has 0 fully saturated rings. The minimum Gasteiger partial charge on any atom is -0.411 e. The molecule has 0 aliphatic heterocycles. The van der Waals surface area contributed by atoms with Gasteiger partial charge < -0.3 is 21.8 Å². The van der Waals surface area contributed by atoms with Crippen LogP contribution < -0.4 is 11.5 Å². The summed E-state index contributed by atoms with van der Waals surface area (Å²) < 4.78 is 1.96. The largest absolute Gasteiger partial charge is 0.411 e. The monoisotopic (exact) mass is 1210 g/mol. The first kappa shape index (κ1) is 65.8. The van der Waals surface area contributed by atoms with Crippen molar-refractivity contribution in [1.29, 1.82) is 0 Å². The van der Waals surface area contributed by atoms with Gasteiger partial charge in [0.25, 0.3) is 0 Å². The maximum absolute atomic E-state index is 11.3. The summed E-state index contributed by atoms with van der Waals surface area (Å²) in [7, 11) is 0. The number of fused-ring (bicyclic) bond motifs is 1. The van der Waals surface area contributed by atoms with Gasteiger partial charge in [-0.3, -0.25) is 14.4 Å². The highest BCUT2D eigenvalue weighted by Gasteiger charge is 2.31. The molecule has 12 nitrogen and oxygen atoms in total. The van der Waals surface area contributed by atoms with Crippen molar-refractivity contribution in [2.24, 2.45) is 5.16 Å². The summed E-state index contributed by atoms with van der Waals surface area (Å²) in [5, 5.41) is 23.5. The molecule has 20 heteroatoms. The van der Waals surface area contributed by atoms with E-state index in [2.05, 4.69) is 37.0 Å². The zero-order valence-electron chi connectivity index (χ0n) is 38.8. The van der Waals surface area contributed by atoms with E-state index in [-0.39, 0.29) is 43.3 Å². The second-order valence-electron chi connectivity index (χ2n) is 14.5. The van der Waals surface area contributed by atoms with Crippen LogP contribution in [0.3, 0.4) is 0 Å². The number of hydrogen-bond donors (Lipinski definition) is 4. The third-order valence-corrected chi connectivity index (χ3v) is 12.9. The molecule has 6 aromatic rings. The fourth-order valence-electron chi connectivity index (χ4n) is 5.35. The molecule has 71 heavy (non-hydrogen) atoms. The Labute approximate surface area is 458 Å². The lowest BCUT2D eigenvalue weighted by molar-refractivity contribution is -0.193. The summed E-state index contributed by atoms with van der Waals surface area (Å²) in [6, 6.07) is 29.2. The van der Waals surface area contributed by atoms with Gasteiger partial charge >= 0.3 is 12.3 Å². The van der Waals surface area contributed by atoms with Crippen molar-refractivity contribution in [3.63, 3.8) is 0 Å². The molecule has 0 unspecified atom stereocenters. The highest BCUT2D eigenvalue weighted by molar-refractivity contribution is 9.10. The number of nitrogen functional groups attached to an aromatic ring is 2. The molecule has 1 aliphatic rings. The van der Waals surface area contributed by atoms with Gasteiger partial charge in [-0.1, -0.05) is 143 Å². The van der Waals surface area contributed by atoms with Crippen LogP contribution in [0.25, 0.3) is 0 Å². The Morgan fingerprint density at radius 3 is 1.42 bits per heavy atom. The van der Waals surface area contributed by atoms with Crippen molar-refractivity contribution in [3.05, 3.63) is 192 Å². The van der Waals surface area contributed by atoms with Crippen LogP contribution in [0, 0.1) is 41.5 Å². The number of benzene rings is 6. The van der Waals surface area contributed by atoms with Gasteiger partial charge in [0, 0.05) is 69.4 Å². The fraction of sp³-hybridized carbons (Fsp3) is 0.176. The van der Waals surface area contributed by atoms with Crippen LogP contribution in [-0.4, -0.2) is 46.2 Å². The number of ketones is 3. The van der Waals surface area contributed by atoms with Gasteiger partial charge in [0.05, 0.1) is 11.6 Å². The van der Waals surface area contributed by atoms with Gasteiger partial charge in [-0.2, -0.15) is 19.2 Å². The number of halogens is 8. The molecule has 0 atom stereocenters. The molecule has 0 aromatic heterocycles. The molecule has 1 aliphatic carbocycles. The lowest BCUT2D eigenvalue weighted by Crippen LogP contribution is -2.06. The molecule has 0 saturated carbocycles. The van der Waals surface area contributed by atoms with Crippen LogP contribution in [0.1, 0.15) is 60.4 Å². The van der Waals surface area contributed by atoms with Crippen molar-refractivity contribution >= 4 is 149 Å². The van der Waals surface area contributed by atoms with E-state index >= 15 is 0 Å². The molecule has 6 aromatic carbocycles. The first-order chi connectivity index (χ1) is 33.3. The minimum absolute atomic E-state index is 0.0267. The lowest BCUT2D eigenvalue weighted by atomic mass is 10.0. The van der Waals surface area contributed by atoms with E-state index in [0.29, 0.717) is 30.7 Å². The number of carbonyl (C=O) groups excluding carboxylic acids is 7. The molecule has 0 bridgehead atoms. The number of nitrogens with zero attached hydrogens (tertiary/aromatic N) is 1. The van der Waals surface area contributed by atoms with Crippen molar-refractivity contribution in [1.82, 2.24) is 0 Å². The second-order valence-corrected chi connectivity index (χ2v) is 18.7. The zero-order chi connectivity index (χ0) is 54.5. The van der Waals surface area contributed by atoms with E-state index < -0.39 is 5.78 Å². The third kappa shape index (κ3) is 24.7. The van der Waals surface area contributed by atoms with Crippen molar-refractivity contribution in [2.45, 2.75) is 61.0 Å². The van der Waals surface area contributed by atoms with E-state index in [4.69, 9.17) is 111 Å². The van der Waals surface area contributed by atoms with Gasteiger partial charge in [0.1, 0.15) is 6.21 Å². The van der Waals surface area contributed by atoms with Crippen molar-refractivity contribution in [2.75, 3.05) is 11.5 Å². The summed E-state index contributed by atoms with van der Waals surface area (Å²) in [5.41, 5.74) is 21.8. The lowest BCUT2D eigenvalue weighted by Gasteiger charge is -2.05. The number of hydrogen-bond acceptors (Lipinski definition) is 12. The Hall–Kier alpha value is -5.18. The number of aryl methyl sites for hydroxylation is 6. The zero-order valence-corrected chi connectivity index (χ0v) is 46.5. The number of anilines is 2. The SMILES string of the molecule is Cc1ccc(Cl)c(CO)c1Br.Cc1ccc(Cl)c2c1CC(=O)C2=O.Cc1ccc(Cl)cc1Br.Cc1ccc(Cl)cc1CC(=O)/C=N/O.Cc1ccc(Cl)cc1N.Cc1ccc(Cl)cc1N.O=C=O.O=C=O. The van der Waals surface area contributed by atoms with Crippen LogP contribution >= 0.6 is 101 Å². The predicted octanol–water partition coefficient (Wildman–Crippen LogP) is 13.8. The van der Waals surface area contributed by atoms with Crippen LogP contribution in [0.4, 0.5) is 11.4 Å². The Balaban J connectivity index is 0.000000815. The topological polar surface area (TPSA) is 224 Å². The Kier molecular flexibility index (Phi) is 32.5. The first-order valence-electron chi connectivity index (χ1n) is 20.1. The molecular formula is C51H47Br2Cl6N3O9. The normalized spacial score (nSPS) is 10.3. The maximum Gasteiger partial charge on any atom is 0.373 e.